The van der Waals surface area contributed by atoms with Crippen LogP contribution in [-0.4, -0.2) is 18.1 Å². The highest BCUT2D eigenvalue weighted by Gasteiger charge is 2.37. The van der Waals surface area contributed by atoms with Crippen LogP contribution in [0.3, 0.4) is 0 Å². The number of nitrogens with zero attached hydrogens (tertiary/aromatic N) is 1. The molecule has 0 aliphatic heterocycles. The molecule has 1 atom stereocenters. The monoisotopic (exact) mass is 396 g/mol. The van der Waals surface area contributed by atoms with Crippen LogP contribution in [0.25, 0.3) is 0 Å². The zero-order chi connectivity index (χ0) is 20.0. The number of nitro benzene ring substituents is 1. The summed E-state index contributed by atoms with van der Waals surface area (Å²) in [6.07, 6.45) is 0. The Morgan fingerprint density at radius 1 is 1.15 bits per heavy atom. The molecule has 1 N–H and O–H groups in total. The highest BCUT2D eigenvalue weighted by molar-refractivity contribution is 7.54. The highest BCUT2D eigenvalue weighted by atomic mass is 31.2. The van der Waals surface area contributed by atoms with Gasteiger partial charge in [-0.1, -0.05) is 18.2 Å². The number of hydrogen-bond acceptors (Lipinski definition) is 6. The Morgan fingerprint density at radius 2 is 1.74 bits per heavy atom. The molecule has 0 saturated heterocycles. The summed E-state index contributed by atoms with van der Waals surface area (Å²) in [6, 6.07) is 10.0. The van der Waals surface area contributed by atoms with E-state index in [1.165, 1.54) is 30.3 Å². The highest BCUT2D eigenvalue weighted by Crippen LogP contribution is 2.60. The van der Waals surface area contributed by atoms with Gasteiger partial charge in [0.1, 0.15) is 5.82 Å². The van der Waals surface area contributed by atoms with Crippen molar-refractivity contribution < 1.29 is 22.9 Å². The van der Waals surface area contributed by atoms with Gasteiger partial charge >= 0.3 is 7.60 Å². The molecule has 9 heteroatoms. The molecule has 0 aliphatic rings. The number of rotatable bonds is 9. The molecule has 0 bridgehead atoms. The van der Waals surface area contributed by atoms with Crippen molar-refractivity contribution in [3.8, 4) is 0 Å². The first-order chi connectivity index (χ1) is 12.8. The second-order valence-corrected chi connectivity index (χ2v) is 7.84. The summed E-state index contributed by atoms with van der Waals surface area (Å²) < 4.78 is 37.6. The van der Waals surface area contributed by atoms with Gasteiger partial charge in [-0.05, 0) is 44.5 Å². The van der Waals surface area contributed by atoms with Crippen molar-refractivity contribution in [1.29, 1.82) is 0 Å². The molecule has 0 aliphatic carbocycles. The standard InChI is InChI=1S/C18H22FN2O5P/c1-4-25-27(24,26-5-2)18(14-7-9-15(19)10-8-14)20-16-11-6-13(3)17(12-16)21(22)23/h6-12,18,20H,4-5H2,1-3H3. The lowest BCUT2D eigenvalue weighted by atomic mass is 10.1. The SMILES string of the molecule is CCOP(=O)(OCC)C(Nc1ccc(C)c([N+](=O)[O-])c1)c1ccc(F)cc1. The van der Waals surface area contributed by atoms with Gasteiger partial charge in [0.15, 0.2) is 5.78 Å². The summed E-state index contributed by atoms with van der Waals surface area (Å²) in [5.41, 5.74) is 1.29. The molecule has 0 fully saturated rings. The molecule has 146 valence electrons. The maximum atomic E-state index is 13.4. The fourth-order valence-electron chi connectivity index (χ4n) is 2.59. The third-order valence-corrected chi connectivity index (χ3v) is 6.13. The Kier molecular flexibility index (Phi) is 7.07. The van der Waals surface area contributed by atoms with E-state index in [1.807, 2.05) is 0 Å². The summed E-state index contributed by atoms with van der Waals surface area (Å²) in [5.74, 6) is -1.40. The first kappa shape index (κ1) is 21.0. The molecule has 0 aromatic heterocycles. The van der Waals surface area contributed by atoms with Crippen molar-refractivity contribution in [1.82, 2.24) is 0 Å². The van der Waals surface area contributed by atoms with E-state index in [0.29, 0.717) is 16.8 Å². The molecule has 7 nitrogen and oxygen atoms in total. The Bertz CT molecular complexity index is 834. The van der Waals surface area contributed by atoms with Crippen LogP contribution in [-0.2, 0) is 13.6 Å². The van der Waals surface area contributed by atoms with Crippen molar-refractivity contribution in [3.05, 3.63) is 69.5 Å². The van der Waals surface area contributed by atoms with Gasteiger partial charge in [-0.25, -0.2) is 4.39 Å². The van der Waals surface area contributed by atoms with Gasteiger partial charge in [0.25, 0.3) is 5.69 Å². The lowest BCUT2D eigenvalue weighted by Gasteiger charge is -2.28. The molecule has 0 heterocycles. The van der Waals surface area contributed by atoms with Crippen LogP contribution in [0.1, 0.15) is 30.8 Å². The smallest absolute Gasteiger partial charge is 0.357 e. The third-order valence-electron chi connectivity index (χ3n) is 3.83. The lowest BCUT2D eigenvalue weighted by Crippen LogP contribution is -2.15. The van der Waals surface area contributed by atoms with Crippen LogP contribution in [0.5, 0.6) is 0 Å². The Hall–Kier alpha value is -2.28. The first-order valence-electron chi connectivity index (χ1n) is 8.46. The molecule has 2 aromatic carbocycles. The van der Waals surface area contributed by atoms with Crippen LogP contribution in [0.4, 0.5) is 15.8 Å². The van der Waals surface area contributed by atoms with E-state index < -0.39 is 24.1 Å². The Labute approximate surface area is 157 Å². The fraction of sp³-hybridized carbons (Fsp3) is 0.333. The fourth-order valence-corrected chi connectivity index (χ4v) is 4.53. The summed E-state index contributed by atoms with van der Waals surface area (Å²) in [4.78, 5) is 10.7. The van der Waals surface area contributed by atoms with Gasteiger partial charge in [0.05, 0.1) is 18.1 Å². The van der Waals surface area contributed by atoms with Crippen molar-refractivity contribution in [2.24, 2.45) is 0 Å². The molecular formula is C18H22FN2O5P. The number of halogens is 1. The van der Waals surface area contributed by atoms with Gasteiger partial charge in [0.2, 0.25) is 0 Å². The van der Waals surface area contributed by atoms with E-state index in [9.17, 15) is 19.1 Å². The van der Waals surface area contributed by atoms with Gasteiger partial charge in [-0.15, -0.1) is 0 Å². The van der Waals surface area contributed by atoms with Gasteiger partial charge < -0.3 is 14.4 Å². The van der Waals surface area contributed by atoms with E-state index in [0.717, 1.165) is 0 Å². The van der Waals surface area contributed by atoms with E-state index in [4.69, 9.17) is 9.05 Å². The minimum Gasteiger partial charge on any atom is -0.368 e. The molecule has 2 aromatic rings. The van der Waals surface area contributed by atoms with E-state index in [2.05, 4.69) is 5.32 Å². The predicted octanol–water partition coefficient (Wildman–Crippen LogP) is 5.42. The minimum absolute atomic E-state index is 0.0690. The number of aryl methyl sites for hydroxylation is 1. The van der Waals surface area contributed by atoms with Crippen molar-refractivity contribution in [2.75, 3.05) is 18.5 Å². The quantitative estimate of drug-likeness (QED) is 0.346. The topological polar surface area (TPSA) is 90.7 Å². The van der Waals surface area contributed by atoms with Crippen LogP contribution in [0.2, 0.25) is 0 Å². The molecule has 1 unspecified atom stereocenters. The second kappa shape index (κ2) is 9.08. The number of anilines is 1. The zero-order valence-electron chi connectivity index (χ0n) is 15.3. The van der Waals surface area contributed by atoms with E-state index in [1.54, 1.807) is 32.9 Å². The molecule has 0 saturated carbocycles. The number of nitrogens with one attached hydrogen (secondary N) is 1. The van der Waals surface area contributed by atoms with E-state index >= 15 is 0 Å². The molecule has 0 amide bonds. The molecule has 2 rings (SSSR count). The zero-order valence-corrected chi connectivity index (χ0v) is 16.2. The molecule has 0 radical (unpaired) electrons. The minimum atomic E-state index is -3.69. The largest absolute Gasteiger partial charge is 0.368 e. The average molecular weight is 396 g/mol. The Morgan fingerprint density at radius 3 is 2.26 bits per heavy atom. The summed E-state index contributed by atoms with van der Waals surface area (Å²) >= 11 is 0. The third kappa shape index (κ3) is 5.13. The van der Waals surface area contributed by atoms with Crippen LogP contribution >= 0.6 is 7.60 Å². The van der Waals surface area contributed by atoms with Crippen LogP contribution in [0.15, 0.2) is 42.5 Å². The number of benzene rings is 2. The van der Waals surface area contributed by atoms with Gasteiger partial charge in [0, 0.05) is 17.3 Å². The first-order valence-corrected chi connectivity index (χ1v) is 10.1. The van der Waals surface area contributed by atoms with Gasteiger partial charge in [-0.2, -0.15) is 0 Å². The number of nitro groups is 1. The van der Waals surface area contributed by atoms with Crippen LogP contribution < -0.4 is 5.32 Å². The summed E-state index contributed by atoms with van der Waals surface area (Å²) in [5, 5.41) is 14.2. The van der Waals surface area contributed by atoms with Crippen LogP contribution in [0, 0.1) is 22.9 Å². The number of hydrogen-bond donors (Lipinski definition) is 1. The lowest BCUT2D eigenvalue weighted by molar-refractivity contribution is -0.385. The molecule has 27 heavy (non-hydrogen) atoms. The van der Waals surface area contributed by atoms with Crippen molar-refractivity contribution in [3.63, 3.8) is 0 Å². The van der Waals surface area contributed by atoms with Crippen molar-refractivity contribution >= 4 is 19.0 Å². The molecular weight excluding hydrogens is 374 g/mol. The second-order valence-electron chi connectivity index (χ2n) is 5.73. The maximum absolute atomic E-state index is 13.4. The summed E-state index contributed by atoms with van der Waals surface area (Å²) in [7, 11) is -3.69. The Balaban J connectivity index is 2.49. The molecule has 0 spiro atoms. The summed E-state index contributed by atoms with van der Waals surface area (Å²) in [6.45, 7) is 5.29. The normalized spacial score (nSPS) is 12.6. The average Bonchev–Trinajstić information content (AvgIpc) is 2.62. The predicted molar refractivity (Wildman–Crippen MR) is 101 cm³/mol. The van der Waals surface area contributed by atoms with E-state index in [-0.39, 0.29) is 18.9 Å². The maximum Gasteiger partial charge on any atom is 0.357 e. The van der Waals surface area contributed by atoms with Crippen molar-refractivity contribution in [2.45, 2.75) is 26.6 Å². The van der Waals surface area contributed by atoms with Gasteiger partial charge in [-0.3, -0.25) is 14.7 Å².